The molecule has 10 rings (SSSR count). The lowest BCUT2D eigenvalue weighted by Crippen LogP contribution is -2.61. The highest BCUT2D eigenvalue weighted by Crippen LogP contribution is 2.54. The molecule has 0 aliphatic carbocycles. The van der Waals surface area contributed by atoms with Crippen molar-refractivity contribution < 1.29 is 52.5 Å². The second-order valence-corrected chi connectivity index (χ2v) is 17.4. The number of ether oxygens (including phenoxy) is 9. The minimum atomic E-state index is -0.780. The summed E-state index contributed by atoms with van der Waals surface area (Å²) < 4.78 is 60.0. The van der Waals surface area contributed by atoms with Crippen LogP contribution in [-0.2, 0) is 47.4 Å². The maximum Gasteiger partial charge on any atom is 0.172 e. The predicted molar refractivity (Wildman–Crippen MR) is 186 cm³/mol. The van der Waals surface area contributed by atoms with Gasteiger partial charge in [-0.05, 0) is 62.0 Å². The Morgan fingerprint density at radius 2 is 1.56 bits per heavy atom. The van der Waals surface area contributed by atoms with Crippen LogP contribution in [0.25, 0.3) is 0 Å². The van der Waals surface area contributed by atoms with Crippen LogP contribution in [0.3, 0.4) is 0 Å². The summed E-state index contributed by atoms with van der Waals surface area (Å²) in [6.07, 6.45) is 4.85. The summed E-state index contributed by atoms with van der Waals surface area (Å²) in [5, 5.41) is 10.5. The number of hydrogen-bond acceptors (Lipinski definition) is 12. The summed E-state index contributed by atoms with van der Waals surface area (Å²) in [6, 6.07) is 0. The van der Waals surface area contributed by atoms with Crippen LogP contribution in [0.15, 0.2) is 24.3 Å². The van der Waals surface area contributed by atoms with E-state index in [9.17, 15) is 9.90 Å². The molecule has 12 heteroatoms. The first-order chi connectivity index (χ1) is 25.1. The van der Waals surface area contributed by atoms with Gasteiger partial charge in [-0.3, -0.25) is 4.79 Å². The molecule has 19 atom stereocenters. The van der Waals surface area contributed by atoms with Crippen LogP contribution in [0.1, 0.15) is 90.4 Å². The van der Waals surface area contributed by atoms with E-state index in [4.69, 9.17) is 48.4 Å². The number of nitrogens with two attached hydrogens (primary N) is 1. The third kappa shape index (κ3) is 6.59. The number of carbonyl (C=O) groups excluding carboxylic acids is 1. The van der Waals surface area contributed by atoms with Gasteiger partial charge in [0, 0.05) is 58.1 Å². The van der Waals surface area contributed by atoms with Crippen LogP contribution in [0.5, 0.6) is 0 Å². The van der Waals surface area contributed by atoms with Gasteiger partial charge < -0.3 is 53.5 Å². The zero-order valence-corrected chi connectivity index (χ0v) is 30.8. The number of methoxy groups -OCH3 is 1. The van der Waals surface area contributed by atoms with E-state index in [0.29, 0.717) is 25.7 Å². The van der Waals surface area contributed by atoms with Crippen molar-refractivity contribution in [3.63, 3.8) is 0 Å². The van der Waals surface area contributed by atoms with E-state index in [1.165, 1.54) is 0 Å². The summed E-state index contributed by atoms with van der Waals surface area (Å²) in [6.45, 7) is 11.3. The fraction of sp³-hybridized carbons (Fsp3) is 0.875. The second-order valence-electron chi connectivity index (χ2n) is 17.4. The lowest BCUT2D eigenvalue weighted by Gasteiger charge is -2.47. The number of carbonyl (C=O) groups is 1. The third-order valence-electron chi connectivity index (χ3n) is 14.0. The van der Waals surface area contributed by atoms with Crippen LogP contribution in [-0.4, -0.2) is 128 Å². The molecular weight excluding hydrogens is 670 g/mol. The maximum atomic E-state index is 14.1. The fourth-order valence-corrected chi connectivity index (χ4v) is 11.3. The van der Waals surface area contributed by atoms with Crippen LogP contribution in [0.4, 0.5) is 0 Å². The van der Waals surface area contributed by atoms with E-state index >= 15 is 0 Å². The van der Waals surface area contributed by atoms with Crippen molar-refractivity contribution in [3.05, 3.63) is 24.3 Å². The highest BCUT2D eigenvalue weighted by molar-refractivity contribution is 5.79. The van der Waals surface area contributed by atoms with Crippen molar-refractivity contribution in [2.45, 2.75) is 194 Å². The zero-order chi connectivity index (χ0) is 35.9. The number of fused-ring (bicyclic) bond motifs is 6. The Morgan fingerprint density at radius 1 is 0.808 bits per heavy atom. The summed E-state index contributed by atoms with van der Waals surface area (Å²) in [7, 11) is 1.66. The molecule has 4 unspecified atom stereocenters. The largest absolute Gasteiger partial charge is 0.392 e. The van der Waals surface area contributed by atoms with Gasteiger partial charge in [0.05, 0.1) is 67.1 Å². The number of ketones is 1. The third-order valence-corrected chi connectivity index (χ3v) is 14.0. The van der Waals surface area contributed by atoms with Gasteiger partial charge in [-0.15, -0.1) is 0 Å². The van der Waals surface area contributed by atoms with Crippen molar-refractivity contribution in [1.82, 2.24) is 0 Å². The summed E-state index contributed by atoms with van der Waals surface area (Å²) >= 11 is 0. The SMILES string of the molecule is C=C1C[C@@H]2CC[C@@]34C[C@@H]5O[C@@H]6[C@@H](O[C@H]7CCC(CC(=O)C[C@H]8[C@H](CC9O[C@@H](CCC1O2)C[C@@H](C)C9=C)OC(C[C@H](O)CN)[C@@H]8OC)O[C@@H]7[C@@H]6O3)[C@H]5O4. The fourth-order valence-electron chi connectivity index (χ4n) is 11.3. The average Bonchev–Trinajstić information content (AvgIpc) is 3.79. The Bertz CT molecular complexity index is 1380. The van der Waals surface area contributed by atoms with Crippen molar-refractivity contribution >= 4 is 5.78 Å². The number of rotatable bonds is 4. The Kier molecular flexibility index (Phi) is 10.0. The van der Waals surface area contributed by atoms with Crippen LogP contribution >= 0.6 is 0 Å². The minimum Gasteiger partial charge on any atom is -0.392 e. The van der Waals surface area contributed by atoms with E-state index < -0.39 is 18.0 Å². The zero-order valence-electron chi connectivity index (χ0n) is 30.8. The van der Waals surface area contributed by atoms with E-state index in [0.717, 1.165) is 56.1 Å². The van der Waals surface area contributed by atoms with Gasteiger partial charge in [0.1, 0.15) is 36.3 Å². The van der Waals surface area contributed by atoms with Gasteiger partial charge >= 0.3 is 0 Å². The van der Waals surface area contributed by atoms with Gasteiger partial charge in [0.2, 0.25) is 0 Å². The van der Waals surface area contributed by atoms with E-state index in [1.54, 1.807) is 7.11 Å². The molecule has 0 aromatic rings. The normalized spacial score (nSPS) is 52.4. The van der Waals surface area contributed by atoms with Gasteiger partial charge in [0.25, 0.3) is 0 Å². The van der Waals surface area contributed by atoms with Crippen LogP contribution in [0, 0.1) is 11.8 Å². The van der Waals surface area contributed by atoms with Crippen molar-refractivity contribution in [1.29, 1.82) is 0 Å². The molecule has 10 heterocycles. The quantitative estimate of drug-likeness (QED) is 0.409. The predicted octanol–water partition coefficient (Wildman–Crippen LogP) is 3.44. The maximum absolute atomic E-state index is 14.1. The molecule has 290 valence electrons. The summed E-state index contributed by atoms with van der Waals surface area (Å²) in [5.41, 5.74) is 8.01. The monoisotopic (exact) mass is 729 g/mol. The molecule has 10 aliphatic heterocycles. The van der Waals surface area contributed by atoms with E-state index in [2.05, 4.69) is 20.1 Å². The second kappa shape index (κ2) is 14.3. The van der Waals surface area contributed by atoms with E-state index in [-0.39, 0.29) is 122 Å². The standard InChI is InChI=1S/C40H59NO11/c1-19-11-24-5-7-28-20(2)12-26(45-28)9-10-40-17-33-36(51-40)37-38(50-33)39(52-40)35-29(49-37)8-6-25(47-35)13-22(42)14-27-31(16-30(46-24)21(19)3)48-32(34(27)44-4)15-23(43)18-41/h19,23-39,43H,2-3,5-18,41H2,1,4H3/t19-,23+,24+,25?,26+,27+,28?,29+,30?,31+,32?,33+,34-,35+,36+,37+,38-,39+,40+/m1/s1. The van der Waals surface area contributed by atoms with Gasteiger partial charge in [0.15, 0.2) is 5.79 Å². The Morgan fingerprint density at radius 3 is 2.38 bits per heavy atom. The Labute approximate surface area is 307 Å². The van der Waals surface area contributed by atoms with E-state index in [1.807, 2.05) is 0 Å². The summed E-state index contributed by atoms with van der Waals surface area (Å²) in [5.74, 6) is -0.619. The first-order valence-electron chi connectivity index (χ1n) is 20.2. The smallest absolute Gasteiger partial charge is 0.172 e. The van der Waals surface area contributed by atoms with Crippen LogP contribution in [0.2, 0.25) is 0 Å². The molecule has 10 saturated heterocycles. The number of hydrogen-bond donors (Lipinski definition) is 2. The Hall–Kier alpha value is -1.29. The number of aliphatic hydroxyl groups is 1. The number of Topliss-reactive ketones (excluding diaryl/α,β-unsaturated/α-hetero) is 1. The molecule has 0 radical (unpaired) electrons. The Balaban J connectivity index is 0.994. The molecule has 3 N–H and O–H groups in total. The van der Waals surface area contributed by atoms with Gasteiger partial charge in [-0.1, -0.05) is 20.1 Å². The average molecular weight is 730 g/mol. The van der Waals surface area contributed by atoms with Gasteiger partial charge in [-0.2, -0.15) is 0 Å². The van der Waals surface area contributed by atoms with Crippen LogP contribution < -0.4 is 5.73 Å². The topological polar surface area (TPSA) is 146 Å². The molecular formula is C40H59NO11. The molecule has 12 nitrogen and oxygen atoms in total. The highest BCUT2D eigenvalue weighted by Gasteiger charge is 2.68. The molecule has 10 fully saturated rings. The molecule has 12 bridgehead atoms. The lowest BCUT2D eigenvalue weighted by molar-refractivity contribution is -0.292. The molecule has 0 aromatic heterocycles. The van der Waals surface area contributed by atoms with Gasteiger partial charge in [-0.25, -0.2) is 0 Å². The molecule has 52 heavy (non-hydrogen) atoms. The van der Waals surface area contributed by atoms with Crippen molar-refractivity contribution in [2.75, 3.05) is 13.7 Å². The number of aliphatic hydroxyl groups excluding tert-OH is 1. The van der Waals surface area contributed by atoms with Crippen molar-refractivity contribution in [3.8, 4) is 0 Å². The minimum absolute atomic E-state index is 0.0158. The molecule has 1 spiro atoms. The van der Waals surface area contributed by atoms with Crippen molar-refractivity contribution in [2.24, 2.45) is 17.6 Å². The highest BCUT2D eigenvalue weighted by atomic mass is 16.8. The molecule has 10 aliphatic rings. The molecule has 0 aromatic carbocycles. The molecule has 0 amide bonds. The first-order valence-corrected chi connectivity index (χ1v) is 20.2. The lowest BCUT2D eigenvalue weighted by atomic mass is 9.81. The molecule has 0 saturated carbocycles. The first kappa shape index (κ1) is 36.4. The summed E-state index contributed by atoms with van der Waals surface area (Å²) in [4.78, 5) is 14.1.